The average Bonchev–Trinajstić information content (AvgIpc) is 3.12. The third-order valence-corrected chi connectivity index (χ3v) is 21.7. The lowest BCUT2D eigenvalue weighted by atomic mass is 9.69. The highest BCUT2D eigenvalue weighted by molar-refractivity contribution is 6.99. The maximum absolute atomic E-state index is 13.8. The minimum Gasteiger partial charge on any atom is -0.413 e. The third-order valence-electron chi connectivity index (χ3n) is 12.0. The molecule has 1 heterocycles. The lowest BCUT2D eigenvalue weighted by Crippen LogP contribution is -2.66. The van der Waals surface area contributed by atoms with Gasteiger partial charge in [-0.25, -0.2) is 0 Å². The molecule has 8 heteroatoms. The molecule has 4 rings (SSSR count). The largest absolute Gasteiger partial charge is 0.413 e. The van der Waals surface area contributed by atoms with Crippen molar-refractivity contribution < 1.29 is 27.9 Å². The van der Waals surface area contributed by atoms with E-state index in [-0.39, 0.29) is 52.8 Å². The SMILES string of the molecule is CC[Si](CC)(CC)O[C@@H](CC(C)C=O)[C@H]1C(=O)C=C[C@H](C)[C@@H]1CC[C@@H]1C[C@H](CCO[Si](c2ccccc2)(c2ccccc2)C(C)(C)C)OC(C)(C)O1. The number of carbonyl (C=O) groups is 2. The van der Waals surface area contributed by atoms with Gasteiger partial charge in [-0.1, -0.05) is 122 Å². The number of ketones is 1. The van der Waals surface area contributed by atoms with Crippen LogP contribution in [0, 0.1) is 23.7 Å². The molecule has 0 bridgehead atoms. The van der Waals surface area contributed by atoms with E-state index in [1.54, 1.807) is 6.08 Å². The second-order valence-corrected chi connectivity index (χ2v) is 26.1. The van der Waals surface area contributed by atoms with Crippen molar-refractivity contribution in [2.24, 2.45) is 23.7 Å². The van der Waals surface area contributed by atoms with E-state index < -0.39 is 22.4 Å². The zero-order valence-corrected chi connectivity index (χ0v) is 35.9. The maximum Gasteiger partial charge on any atom is 0.261 e. The first-order chi connectivity index (χ1) is 24.6. The Balaban J connectivity index is 1.52. The zero-order valence-electron chi connectivity index (χ0n) is 33.9. The summed E-state index contributed by atoms with van der Waals surface area (Å²) in [4.78, 5) is 25.7. The molecule has 0 amide bonds. The van der Waals surface area contributed by atoms with E-state index in [1.165, 1.54) is 10.4 Å². The molecule has 1 saturated heterocycles. The van der Waals surface area contributed by atoms with Crippen molar-refractivity contribution >= 4 is 39.1 Å². The number of aldehydes is 1. The van der Waals surface area contributed by atoms with Crippen LogP contribution in [-0.4, -0.2) is 59.4 Å². The average molecular weight is 749 g/mol. The number of carbonyl (C=O) groups excluding carboxylic acids is 2. The van der Waals surface area contributed by atoms with Crippen LogP contribution in [0.1, 0.15) is 101 Å². The van der Waals surface area contributed by atoms with Gasteiger partial charge >= 0.3 is 0 Å². The molecule has 1 aliphatic heterocycles. The molecular formula is C44H68O6Si2. The molecule has 1 fully saturated rings. The first-order valence-corrected chi connectivity index (χ1v) is 24.5. The minimum absolute atomic E-state index is 0.000804. The Morgan fingerprint density at radius 1 is 0.885 bits per heavy atom. The van der Waals surface area contributed by atoms with E-state index in [4.69, 9.17) is 18.3 Å². The van der Waals surface area contributed by atoms with Gasteiger partial charge in [-0.2, -0.15) is 0 Å². The van der Waals surface area contributed by atoms with Crippen LogP contribution in [0.15, 0.2) is 72.8 Å². The van der Waals surface area contributed by atoms with Gasteiger partial charge in [0, 0.05) is 18.9 Å². The first kappa shape index (κ1) is 42.5. The van der Waals surface area contributed by atoms with E-state index in [9.17, 15) is 9.59 Å². The summed E-state index contributed by atoms with van der Waals surface area (Å²) in [5.41, 5.74) is 0. The minimum atomic E-state index is -2.65. The second kappa shape index (κ2) is 18.4. The molecule has 288 valence electrons. The normalized spacial score (nSPS) is 25.1. The fraction of sp³-hybridized carbons (Fsp3) is 0.636. The summed E-state index contributed by atoms with van der Waals surface area (Å²) in [6, 6.07) is 24.6. The van der Waals surface area contributed by atoms with Crippen LogP contribution >= 0.6 is 0 Å². The van der Waals surface area contributed by atoms with E-state index in [2.05, 4.69) is 115 Å². The van der Waals surface area contributed by atoms with Crippen molar-refractivity contribution in [3.63, 3.8) is 0 Å². The van der Waals surface area contributed by atoms with Crippen LogP contribution in [0.3, 0.4) is 0 Å². The van der Waals surface area contributed by atoms with Crippen LogP contribution in [-0.2, 0) is 27.9 Å². The highest BCUT2D eigenvalue weighted by atomic mass is 28.4. The van der Waals surface area contributed by atoms with Gasteiger partial charge in [-0.05, 0) is 91.0 Å². The molecule has 0 N–H and O–H groups in total. The van der Waals surface area contributed by atoms with E-state index in [1.807, 2.05) is 20.8 Å². The fourth-order valence-electron chi connectivity index (χ4n) is 9.01. The van der Waals surface area contributed by atoms with Crippen molar-refractivity contribution in [2.45, 2.75) is 149 Å². The van der Waals surface area contributed by atoms with Crippen molar-refractivity contribution in [3.05, 3.63) is 72.8 Å². The Morgan fingerprint density at radius 2 is 1.42 bits per heavy atom. The van der Waals surface area contributed by atoms with Crippen LogP contribution in [0.5, 0.6) is 0 Å². The molecule has 0 radical (unpaired) electrons. The third kappa shape index (κ3) is 10.1. The molecule has 52 heavy (non-hydrogen) atoms. The highest BCUT2D eigenvalue weighted by Crippen LogP contribution is 2.42. The molecule has 2 aliphatic rings. The number of allylic oxidation sites excluding steroid dienone is 2. The monoisotopic (exact) mass is 748 g/mol. The predicted molar refractivity (Wildman–Crippen MR) is 218 cm³/mol. The van der Waals surface area contributed by atoms with Crippen molar-refractivity contribution in [1.29, 1.82) is 0 Å². The Labute approximate surface area is 317 Å². The van der Waals surface area contributed by atoms with Crippen LogP contribution in [0.25, 0.3) is 0 Å². The van der Waals surface area contributed by atoms with E-state index in [0.717, 1.165) is 50.1 Å². The molecule has 2 aromatic rings. The second-order valence-electron chi connectivity index (χ2n) is 17.1. The van der Waals surface area contributed by atoms with Crippen molar-refractivity contribution in [1.82, 2.24) is 0 Å². The smallest absolute Gasteiger partial charge is 0.261 e. The molecule has 6 nitrogen and oxygen atoms in total. The van der Waals surface area contributed by atoms with Crippen LogP contribution in [0.2, 0.25) is 23.2 Å². The van der Waals surface area contributed by atoms with Crippen LogP contribution in [0.4, 0.5) is 0 Å². The number of rotatable bonds is 18. The van der Waals surface area contributed by atoms with Crippen molar-refractivity contribution in [3.8, 4) is 0 Å². The molecule has 1 unspecified atom stereocenters. The molecule has 1 aliphatic carbocycles. The summed E-state index contributed by atoms with van der Waals surface area (Å²) in [5, 5.41) is 2.47. The van der Waals surface area contributed by atoms with E-state index >= 15 is 0 Å². The lowest BCUT2D eigenvalue weighted by Gasteiger charge is -2.45. The summed E-state index contributed by atoms with van der Waals surface area (Å²) in [6.45, 7) is 22.4. The maximum atomic E-state index is 13.8. The van der Waals surface area contributed by atoms with Gasteiger partial charge < -0.3 is 23.1 Å². The number of hydrogen-bond donors (Lipinski definition) is 0. The standard InChI is InChI=1S/C44H68O6Si2/c1-11-51(12-2,13-3)50-41(30-33(4)32-45)42-39(34(5)24-27-40(42)46)26-25-35-31-36(49-44(9,10)48-35)28-29-47-52(43(6,7)8,37-20-16-14-17-21-37)38-22-18-15-19-23-38/h14-24,27,32-36,39,41-42H,11-13,25-26,28-31H2,1-10H3/t33?,34-,35+,36-,39-,41-,42+/m0/s1. The number of hydrogen-bond acceptors (Lipinski definition) is 6. The van der Waals surface area contributed by atoms with Gasteiger partial charge in [-0.3, -0.25) is 4.79 Å². The van der Waals surface area contributed by atoms with Crippen molar-refractivity contribution in [2.75, 3.05) is 6.61 Å². The summed E-state index contributed by atoms with van der Waals surface area (Å²) >= 11 is 0. The molecule has 0 saturated carbocycles. The zero-order chi connectivity index (χ0) is 38.2. The number of benzene rings is 2. The summed E-state index contributed by atoms with van der Waals surface area (Å²) in [6.07, 6.45) is 8.42. The van der Waals surface area contributed by atoms with Gasteiger partial charge in [0.1, 0.15) is 6.29 Å². The number of ether oxygens (including phenoxy) is 2. The Kier molecular flexibility index (Phi) is 15.1. The lowest BCUT2D eigenvalue weighted by molar-refractivity contribution is -0.302. The first-order valence-electron chi connectivity index (χ1n) is 20.1. The van der Waals surface area contributed by atoms with Gasteiger partial charge in [0.15, 0.2) is 19.9 Å². The Hall–Kier alpha value is -2.21. The summed E-state index contributed by atoms with van der Waals surface area (Å²) < 4.78 is 27.5. The fourth-order valence-corrected chi connectivity index (χ4v) is 16.5. The van der Waals surface area contributed by atoms with Gasteiger partial charge in [0.25, 0.3) is 8.32 Å². The summed E-state index contributed by atoms with van der Waals surface area (Å²) in [7, 11) is -4.69. The van der Waals surface area contributed by atoms with Crippen LogP contribution < -0.4 is 10.4 Å². The quantitative estimate of drug-likeness (QED) is 0.112. The molecule has 0 aromatic heterocycles. The summed E-state index contributed by atoms with van der Waals surface area (Å²) in [5.74, 6) is -0.664. The Morgan fingerprint density at radius 3 is 1.92 bits per heavy atom. The van der Waals surface area contributed by atoms with Gasteiger partial charge in [-0.15, -0.1) is 0 Å². The topological polar surface area (TPSA) is 71.1 Å². The van der Waals surface area contributed by atoms with E-state index in [0.29, 0.717) is 13.0 Å². The van der Waals surface area contributed by atoms with Gasteiger partial charge in [0.05, 0.1) is 24.2 Å². The molecular weight excluding hydrogens is 681 g/mol. The molecule has 7 atom stereocenters. The Bertz CT molecular complexity index is 1390. The van der Waals surface area contributed by atoms with Gasteiger partial charge in [0.2, 0.25) is 0 Å². The highest BCUT2D eigenvalue weighted by Gasteiger charge is 2.50. The predicted octanol–water partition coefficient (Wildman–Crippen LogP) is 9.27. The molecule has 2 aromatic carbocycles. The molecule has 0 spiro atoms.